The number of aliphatic hydroxyl groups is 20. The number of ether oxygens (including phenoxy) is 12. The minimum atomic E-state index is -2.33. The first-order chi connectivity index (χ1) is 34.0. The van der Waals surface area contributed by atoms with E-state index in [1.54, 1.807) is 0 Å². The topological polar surface area (TPSA) is 532 Å². The summed E-state index contributed by atoms with van der Waals surface area (Å²) in [5, 5.41) is 211. The van der Waals surface area contributed by atoms with E-state index in [4.69, 9.17) is 56.8 Å². The van der Waals surface area contributed by atoms with Crippen LogP contribution in [0.5, 0.6) is 0 Å². The highest BCUT2D eigenvalue weighted by Gasteiger charge is 2.56. The van der Waals surface area contributed by atoms with Crippen molar-refractivity contribution < 1.29 is 164 Å². The minimum Gasteiger partial charge on any atom is -0.394 e. The van der Waals surface area contributed by atoms with Crippen LogP contribution in [0.15, 0.2) is 0 Å². The van der Waals surface area contributed by atoms with Crippen molar-refractivity contribution in [2.24, 2.45) is 0 Å². The Kier molecular flexibility index (Phi) is 21.7. The van der Waals surface area contributed by atoms with Gasteiger partial charge in [0.1, 0.15) is 153 Å². The molecule has 31 atom stereocenters. The Labute approximate surface area is 406 Å². The molecule has 6 rings (SSSR count). The van der Waals surface area contributed by atoms with Gasteiger partial charge in [0.2, 0.25) is 0 Å². The summed E-state index contributed by atoms with van der Waals surface area (Å²) in [6.07, 6.45) is -60.8. The van der Waals surface area contributed by atoms with Crippen molar-refractivity contribution in [2.75, 3.05) is 46.2 Å². The van der Waals surface area contributed by atoms with Crippen LogP contribution in [0.4, 0.5) is 0 Å². The molecular formula is C39H66O33. The Morgan fingerprint density at radius 2 is 0.778 bits per heavy atom. The number of aliphatic hydroxyl groups excluding tert-OH is 20. The largest absolute Gasteiger partial charge is 0.394 e. The van der Waals surface area contributed by atoms with Crippen molar-refractivity contribution in [1.29, 1.82) is 0 Å². The molecule has 0 aliphatic carbocycles. The normalized spacial score (nSPS) is 49.1. The highest BCUT2D eigenvalue weighted by atomic mass is 16.8. The highest BCUT2D eigenvalue weighted by molar-refractivity contribution is 5.56. The third-order valence-corrected chi connectivity index (χ3v) is 12.9. The number of hydrogen-bond donors (Lipinski definition) is 20. The maximum Gasteiger partial charge on any atom is 0.187 e. The zero-order chi connectivity index (χ0) is 53.0. The van der Waals surface area contributed by atoms with Gasteiger partial charge in [0.05, 0.1) is 46.2 Å². The smallest absolute Gasteiger partial charge is 0.187 e. The molecule has 33 heteroatoms. The molecule has 0 aromatic heterocycles. The fourth-order valence-corrected chi connectivity index (χ4v) is 8.40. The van der Waals surface area contributed by atoms with E-state index in [1.165, 1.54) is 0 Å². The molecule has 420 valence electrons. The Bertz CT molecular complexity index is 1640. The van der Waals surface area contributed by atoms with Gasteiger partial charge in [0.15, 0.2) is 44.0 Å². The standard InChI is InChI=1S/C39H66O33/c40-1-9(42)20(50)31(10(43)2-41)70-38-29(59)23(53)33(15(68-38)7-65-35-26(56)18(48)12(45)4-62-35)72-39-30(60)24(54)32(16(69-39)8-66-36-27(57)19(49)13(46)5-63-36)71-37-28(58)22(52)21(51)14(67-37)6-64-34-25(55)17(47)11(44)3-61-34/h1,9-39,41-60H,2-8H2/t9-,10+,11+,12+,13+,14+,15+,16+,17-,18-,19-,20+,21+,22-,23+,24+,25+,26+,27+,28+,29+,30+,31+,32+,33+,34+,35+,36+,37-,38-,39-/m0/s1. The first-order valence-electron chi connectivity index (χ1n) is 22.6. The lowest BCUT2D eigenvalue weighted by Gasteiger charge is -2.49. The van der Waals surface area contributed by atoms with Crippen LogP contribution in [0.1, 0.15) is 0 Å². The first kappa shape index (κ1) is 59.6. The summed E-state index contributed by atoms with van der Waals surface area (Å²) in [6, 6.07) is 0. The van der Waals surface area contributed by atoms with Crippen LogP contribution < -0.4 is 0 Å². The number of carbonyl (C=O) groups excluding carboxylic acids is 1. The average Bonchev–Trinajstić information content (AvgIpc) is 3.36. The van der Waals surface area contributed by atoms with Gasteiger partial charge in [0, 0.05) is 0 Å². The molecule has 72 heavy (non-hydrogen) atoms. The van der Waals surface area contributed by atoms with E-state index >= 15 is 0 Å². The molecule has 0 unspecified atom stereocenters. The number of rotatable bonds is 20. The van der Waals surface area contributed by atoms with Crippen molar-refractivity contribution in [3.05, 3.63) is 0 Å². The maximum atomic E-state index is 11.7. The third kappa shape index (κ3) is 13.4. The number of hydrogen-bond acceptors (Lipinski definition) is 33. The second-order valence-electron chi connectivity index (χ2n) is 18.0. The summed E-state index contributed by atoms with van der Waals surface area (Å²) in [5.41, 5.74) is 0. The van der Waals surface area contributed by atoms with Gasteiger partial charge in [-0.1, -0.05) is 0 Å². The lowest BCUT2D eigenvalue weighted by molar-refractivity contribution is -0.390. The zero-order valence-electron chi connectivity index (χ0n) is 37.7. The maximum absolute atomic E-state index is 11.7. The van der Waals surface area contributed by atoms with Crippen LogP contribution in [-0.4, -0.2) is 345 Å². The molecule has 0 spiro atoms. The van der Waals surface area contributed by atoms with Crippen LogP contribution >= 0.6 is 0 Å². The van der Waals surface area contributed by atoms with Crippen LogP contribution in [0.2, 0.25) is 0 Å². The Morgan fingerprint density at radius 1 is 0.431 bits per heavy atom. The molecular weight excluding hydrogens is 996 g/mol. The van der Waals surface area contributed by atoms with E-state index in [2.05, 4.69) is 0 Å². The molecule has 33 nitrogen and oxygen atoms in total. The highest BCUT2D eigenvalue weighted by Crippen LogP contribution is 2.35. The van der Waals surface area contributed by atoms with Gasteiger partial charge < -0.3 is 164 Å². The monoisotopic (exact) mass is 1060 g/mol. The van der Waals surface area contributed by atoms with Gasteiger partial charge in [-0.2, -0.15) is 0 Å². The lowest BCUT2D eigenvalue weighted by atomic mass is 9.95. The lowest BCUT2D eigenvalue weighted by Crippen LogP contribution is -2.67. The molecule has 0 aromatic rings. The summed E-state index contributed by atoms with van der Waals surface area (Å²) in [4.78, 5) is 11.3. The second kappa shape index (κ2) is 26.2. The van der Waals surface area contributed by atoms with E-state index in [9.17, 15) is 107 Å². The summed E-state index contributed by atoms with van der Waals surface area (Å²) in [5.74, 6) is 0. The molecule has 6 aliphatic rings. The SMILES string of the molecule is O=C[C@H](O)[C@@H](O)[C@H](O[C@@H]1O[C@H](CO[C@H]2OC[C@@H](O)[C@H](O)[C@H]2O)[C@@H](O[C@@H]2O[C@H](CO[C@H]3OC[C@@H](O)[C@H](O)[C@H]3O)[C@@H](O[C@@H]3O[C@H](CO[C@H]4OC[C@@H](O)[C@H](O)[C@H]4O)[C@@H](O)[C@H](O)[C@H]3O)[C@H](O)[C@H]2O)[C@H](O)[C@H]1O)[C@H](O)CO. The minimum absolute atomic E-state index is 0.151. The first-order valence-corrected chi connectivity index (χ1v) is 22.6. The molecule has 6 saturated heterocycles. The number of aldehydes is 1. The Morgan fingerprint density at radius 3 is 1.18 bits per heavy atom. The van der Waals surface area contributed by atoms with E-state index < -0.39 is 237 Å². The van der Waals surface area contributed by atoms with Gasteiger partial charge in [0.25, 0.3) is 0 Å². The molecule has 0 saturated carbocycles. The van der Waals surface area contributed by atoms with Crippen LogP contribution in [0, 0.1) is 0 Å². The predicted octanol–water partition coefficient (Wildman–Crippen LogP) is -14.5. The van der Waals surface area contributed by atoms with E-state index in [-0.39, 0.29) is 6.29 Å². The second-order valence-corrected chi connectivity index (χ2v) is 18.0. The van der Waals surface area contributed by atoms with Crippen molar-refractivity contribution in [3.8, 4) is 0 Å². The van der Waals surface area contributed by atoms with Crippen molar-refractivity contribution in [1.82, 2.24) is 0 Å². The fraction of sp³-hybridized carbons (Fsp3) is 0.974. The number of carbonyl (C=O) groups is 1. The van der Waals surface area contributed by atoms with Crippen LogP contribution in [-0.2, 0) is 61.6 Å². The van der Waals surface area contributed by atoms with Crippen molar-refractivity contribution >= 4 is 6.29 Å². The van der Waals surface area contributed by atoms with Crippen LogP contribution in [0.25, 0.3) is 0 Å². The predicted molar refractivity (Wildman–Crippen MR) is 215 cm³/mol. The molecule has 0 amide bonds. The molecule has 0 radical (unpaired) electrons. The van der Waals surface area contributed by atoms with E-state index in [0.717, 1.165) is 0 Å². The molecule has 0 aromatic carbocycles. The summed E-state index contributed by atoms with van der Waals surface area (Å²) in [7, 11) is 0. The van der Waals surface area contributed by atoms with E-state index in [0.29, 0.717) is 0 Å². The molecule has 6 fully saturated rings. The summed E-state index contributed by atoms with van der Waals surface area (Å²) < 4.78 is 66.9. The van der Waals surface area contributed by atoms with Gasteiger partial charge in [-0.15, -0.1) is 0 Å². The zero-order valence-corrected chi connectivity index (χ0v) is 37.7. The summed E-state index contributed by atoms with van der Waals surface area (Å²) >= 11 is 0. The molecule has 0 bridgehead atoms. The van der Waals surface area contributed by atoms with Gasteiger partial charge in [-0.05, 0) is 0 Å². The Balaban J connectivity index is 1.25. The average molecular weight is 1060 g/mol. The van der Waals surface area contributed by atoms with Crippen molar-refractivity contribution in [3.63, 3.8) is 0 Å². The summed E-state index contributed by atoms with van der Waals surface area (Å²) in [6.45, 7) is -5.33. The fourth-order valence-electron chi connectivity index (χ4n) is 8.40. The molecule has 6 heterocycles. The van der Waals surface area contributed by atoms with Gasteiger partial charge in [-0.25, -0.2) is 0 Å². The third-order valence-electron chi connectivity index (χ3n) is 12.9. The quantitative estimate of drug-likeness (QED) is 0.0503. The molecule has 6 aliphatic heterocycles. The Hall–Kier alpha value is -1.61. The van der Waals surface area contributed by atoms with Gasteiger partial charge >= 0.3 is 0 Å². The molecule has 20 N–H and O–H groups in total. The van der Waals surface area contributed by atoms with E-state index in [1.807, 2.05) is 0 Å². The van der Waals surface area contributed by atoms with Crippen LogP contribution in [0.3, 0.4) is 0 Å². The van der Waals surface area contributed by atoms with Gasteiger partial charge in [-0.3, -0.25) is 0 Å². The van der Waals surface area contributed by atoms with Crippen molar-refractivity contribution in [2.45, 2.75) is 190 Å².